The molecule has 0 atom stereocenters. The molecule has 0 bridgehead atoms. The van der Waals surface area contributed by atoms with Gasteiger partial charge in [-0.25, -0.2) is 0 Å². The average molecular weight is 205 g/mol. The molecule has 0 radical (unpaired) electrons. The van der Waals surface area contributed by atoms with Gasteiger partial charge in [0.1, 0.15) is 11.6 Å². The molecule has 0 saturated heterocycles. The number of alkyl halides is 3. The maximum Gasteiger partial charge on any atom is 0.436 e. The van der Waals surface area contributed by atoms with Crippen LogP contribution in [-0.2, 0) is 13.2 Å². The van der Waals surface area contributed by atoms with Crippen LogP contribution < -0.4 is 0 Å². The van der Waals surface area contributed by atoms with E-state index in [1.165, 1.54) is 13.1 Å². The van der Waals surface area contributed by atoms with Gasteiger partial charge in [-0.3, -0.25) is 4.68 Å². The lowest BCUT2D eigenvalue weighted by molar-refractivity contribution is -0.141. The van der Waals surface area contributed by atoms with Crippen LogP contribution in [0.1, 0.15) is 25.1 Å². The molecule has 0 saturated carbocycles. The molecule has 0 aliphatic rings. The minimum atomic E-state index is -4.55. The van der Waals surface area contributed by atoms with Crippen LogP contribution in [0.25, 0.3) is 0 Å². The SMILES string of the molecule is CC.Cn1cc(C#N)c(C(F)(F)F)n1. The zero-order valence-corrected chi connectivity index (χ0v) is 8.05. The third-order valence-electron chi connectivity index (χ3n) is 1.22. The normalized spacial score (nSPS) is 10.1. The summed E-state index contributed by atoms with van der Waals surface area (Å²) in [7, 11) is 1.33. The van der Waals surface area contributed by atoms with Crippen molar-refractivity contribution in [1.29, 1.82) is 5.26 Å². The Balaban J connectivity index is 0.000000791. The molecule has 0 unspecified atom stereocenters. The van der Waals surface area contributed by atoms with Crippen molar-refractivity contribution >= 4 is 0 Å². The van der Waals surface area contributed by atoms with E-state index in [2.05, 4.69) is 5.10 Å². The highest BCUT2D eigenvalue weighted by molar-refractivity contribution is 5.32. The molecule has 0 amide bonds. The van der Waals surface area contributed by atoms with Crippen LogP contribution in [0.15, 0.2) is 6.20 Å². The number of rotatable bonds is 0. The van der Waals surface area contributed by atoms with Crippen LogP contribution in [0, 0.1) is 11.3 Å². The van der Waals surface area contributed by atoms with Crippen LogP contribution in [0.4, 0.5) is 13.2 Å². The Labute approximate surface area is 79.8 Å². The first-order chi connectivity index (χ1) is 6.45. The third-order valence-corrected chi connectivity index (χ3v) is 1.22. The molecule has 0 N–H and O–H groups in total. The summed E-state index contributed by atoms with van der Waals surface area (Å²) in [6.45, 7) is 4.00. The van der Waals surface area contributed by atoms with Gasteiger partial charge in [0.15, 0.2) is 5.69 Å². The molecule has 0 aliphatic carbocycles. The second-order valence-electron chi connectivity index (χ2n) is 2.17. The Morgan fingerprint density at radius 1 is 1.43 bits per heavy atom. The molecule has 6 heteroatoms. The summed E-state index contributed by atoms with van der Waals surface area (Å²) >= 11 is 0. The monoisotopic (exact) mass is 205 g/mol. The maximum atomic E-state index is 12.0. The van der Waals surface area contributed by atoms with Crippen molar-refractivity contribution in [2.24, 2.45) is 7.05 Å². The Morgan fingerprint density at radius 3 is 2.21 bits per heavy atom. The van der Waals surface area contributed by atoms with Crippen molar-refractivity contribution in [3.63, 3.8) is 0 Å². The van der Waals surface area contributed by atoms with E-state index in [1.54, 1.807) is 0 Å². The number of halogens is 3. The number of hydrogen-bond acceptors (Lipinski definition) is 2. The van der Waals surface area contributed by atoms with Crippen molar-refractivity contribution in [3.05, 3.63) is 17.5 Å². The number of nitrogens with zero attached hydrogens (tertiary/aromatic N) is 3. The smallest absolute Gasteiger partial charge is 0.274 e. The predicted octanol–water partition coefficient (Wildman–Crippen LogP) is 2.34. The quantitative estimate of drug-likeness (QED) is 0.652. The van der Waals surface area contributed by atoms with Gasteiger partial charge in [-0.1, -0.05) is 13.8 Å². The van der Waals surface area contributed by atoms with E-state index >= 15 is 0 Å². The molecule has 0 aliphatic heterocycles. The first-order valence-electron chi connectivity index (χ1n) is 3.96. The molecule has 3 nitrogen and oxygen atoms in total. The fourth-order valence-electron chi connectivity index (χ4n) is 0.780. The van der Waals surface area contributed by atoms with E-state index < -0.39 is 17.4 Å². The first kappa shape index (κ1) is 12.5. The molecular weight excluding hydrogens is 195 g/mol. The highest BCUT2D eigenvalue weighted by atomic mass is 19.4. The average Bonchev–Trinajstić information content (AvgIpc) is 2.49. The number of aryl methyl sites for hydroxylation is 1. The summed E-state index contributed by atoms with van der Waals surface area (Å²) in [6, 6.07) is 1.42. The van der Waals surface area contributed by atoms with Crippen molar-refractivity contribution < 1.29 is 13.2 Å². The molecule has 0 fully saturated rings. The molecule has 0 spiro atoms. The van der Waals surface area contributed by atoms with Crippen LogP contribution in [-0.4, -0.2) is 9.78 Å². The molecule has 0 aromatic carbocycles. The molecular formula is C8H10F3N3. The maximum absolute atomic E-state index is 12.0. The minimum absolute atomic E-state index is 0.454. The van der Waals surface area contributed by atoms with E-state index in [4.69, 9.17) is 5.26 Å². The summed E-state index contributed by atoms with van der Waals surface area (Å²) in [6.07, 6.45) is -3.52. The zero-order valence-electron chi connectivity index (χ0n) is 8.05. The second kappa shape index (κ2) is 4.65. The van der Waals surface area contributed by atoms with Crippen molar-refractivity contribution in [1.82, 2.24) is 9.78 Å². The van der Waals surface area contributed by atoms with E-state index in [-0.39, 0.29) is 0 Å². The lowest BCUT2D eigenvalue weighted by Gasteiger charge is -2.00. The molecule has 1 aromatic heterocycles. The Kier molecular flexibility index (Phi) is 4.15. The zero-order chi connectivity index (χ0) is 11.4. The Morgan fingerprint density at radius 2 is 1.93 bits per heavy atom. The summed E-state index contributed by atoms with van der Waals surface area (Å²) in [4.78, 5) is 0. The van der Waals surface area contributed by atoms with E-state index in [0.29, 0.717) is 0 Å². The van der Waals surface area contributed by atoms with Gasteiger partial charge in [0.2, 0.25) is 0 Å². The lowest BCUT2D eigenvalue weighted by atomic mass is 10.3. The third kappa shape index (κ3) is 2.76. The van der Waals surface area contributed by atoms with Crippen LogP contribution in [0.2, 0.25) is 0 Å². The van der Waals surface area contributed by atoms with Crippen LogP contribution in [0.5, 0.6) is 0 Å². The Bertz CT molecular complexity index is 333. The summed E-state index contributed by atoms with van der Waals surface area (Å²) in [5, 5.41) is 11.4. The number of nitriles is 1. The summed E-state index contributed by atoms with van der Waals surface area (Å²) in [5.41, 5.74) is -1.59. The second-order valence-corrected chi connectivity index (χ2v) is 2.17. The number of aromatic nitrogens is 2. The van der Waals surface area contributed by atoms with E-state index in [0.717, 1.165) is 10.9 Å². The molecule has 1 aromatic rings. The van der Waals surface area contributed by atoms with Gasteiger partial charge in [-0.15, -0.1) is 0 Å². The van der Waals surface area contributed by atoms with Gasteiger partial charge in [0.05, 0.1) is 0 Å². The van der Waals surface area contributed by atoms with Crippen molar-refractivity contribution in [2.75, 3.05) is 0 Å². The highest BCUT2D eigenvalue weighted by Crippen LogP contribution is 2.29. The summed E-state index contributed by atoms with van der Waals surface area (Å²) in [5.74, 6) is 0. The molecule has 1 rings (SSSR count). The van der Waals surface area contributed by atoms with Crippen LogP contribution >= 0.6 is 0 Å². The first-order valence-corrected chi connectivity index (χ1v) is 3.96. The fraction of sp³-hybridized carbons (Fsp3) is 0.500. The van der Waals surface area contributed by atoms with E-state index in [1.807, 2.05) is 13.8 Å². The standard InChI is InChI=1S/C6H4F3N3.C2H6/c1-12-3-4(2-10)5(11-12)6(7,8)9;1-2/h3H,1H3;1-2H3. The van der Waals surface area contributed by atoms with Gasteiger partial charge >= 0.3 is 6.18 Å². The van der Waals surface area contributed by atoms with Crippen molar-refractivity contribution in [3.8, 4) is 6.07 Å². The number of hydrogen-bond donors (Lipinski definition) is 0. The topological polar surface area (TPSA) is 41.6 Å². The summed E-state index contributed by atoms with van der Waals surface area (Å²) < 4.78 is 37.0. The van der Waals surface area contributed by atoms with Gasteiger partial charge < -0.3 is 0 Å². The molecule has 14 heavy (non-hydrogen) atoms. The molecule has 1 heterocycles. The van der Waals surface area contributed by atoms with Crippen molar-refractivity contribution in [2.45, 2.75) is 20.0 Å². The fourth-order valence-corrected chi connectivity index (χ4v) is 0.780. The van der Waals surface area contributed by atoms with Crippen LogP contribution in [0.3, 0.4) is 0 Å². The van der Waals surface area contributed by atoms with Gasteiger partial charge in [0, 0.05) is 13.2 Å². The highest BCUT2D eigenvalue weighted by Gasteiger charge is 2.37. The Hall–Kier alpha value is -1.51. The van der Waals surface area contributed by atoms with Gasteiger partial charge in [-0.05, 0) is 0 Å². The van der Waals surface area contributed by atoms with E-state index in [9.17, 15) is 13.2 Å². The lowest BCUT2D eigenvalue weighted by Crippen LogP contribution is -2.08. The minimum Gasteiger partial charge on any atom is -0.274 e. The largest absolute Gasteiger partial charge is 0.436 e. The van der Waals surface area contributed by atoms with Gasteiger partial charge in [-0.2, -0.15) is 23.5 Å². The van der Waals surface area contributed by atoms with Gasteiger partial charge in [0.25, 0.3) is 0 Å². The molecule has 78 valence electrons. The predicted molar refractivity (Wildman–Crippen MR) is 44.3 cm³/mol.